The van der Waals surface area contributed by atoms with E-state index >= 15 is 0 Å². The van der Waals surface area contributed by atoms with Crippen molar-refractivity contribution < 1.29 is 17.9 Å². The Balaban J connectivity index is 1.75. The van der Waals surface area contributed by atoms with E-state index in [0.717, 1.165) is 17.5 Å². The predicted octanol–water partition coefficient (Wildman–Crippen LogP) is 2.99. The van der Waals surface area contributed by atoms with Crippen LogP contribution in [0.5, 0.6) is 5.75 Å². The van der Waals surface area contributed by atoms with Gasteiger partial charge in [0.2, 0.25) is 15.9 Å². The van der Waals surface area contributed by atoms with Crippen molar-refractivity contribution in [1.82, 2.24) is 9.21 Å². The molecule has 156 valence electrons. The Kier molecular flexibility index (Phi) is 6.59. The molecule has 2 aromatic rings. The smallest absolute Gasteiger partial charge is 0.243 e. The number of rotatable bonds is 7. The van der Waals surface area contributed by atoms with Gasteiger partial charge in [0.05, 0.1) is 18.0 Å². The predicted molar refractivity (Wildman–Crippen MR) is 112 cm³/mol. The Morgan fingerprint density at radius 1 is 1.14 bits per heavy atom. The molecule has 1 amide bonds. The summed E-state index contributed by atoms with van der Waals surface area (Å²) in [5.41, 5.74) is 3.13. The van der Waals surface area contributed by atoms with Gasteiger partial charge in [-0.25, -0.2) is 8.42 Å². The van der Waals surface area contributed by atoms with Gasteiger partial charge in [0, 0.05) is 19.6 Å². The van der Waals surface area contributed by atoms with Crippen molar-refractivity contribution >= 4 is 15.9 Å². The summed E-state index contributed by atoms with van der Waals surface area (Å²) in [7, 11) is -3.77. The van der Waals surface area contributed by atoms with Crippen molar-refractivity contribution in [1.29, 1.82) is 0 Å². The zero-order valence-electron chi connectivity index (χ0n) is 17.2. The van der Waals surface area contributed by atoms with Gasteiger partial charge >= 0.3 is 0 Å². The number of hydrogen-bond acceptors (Lipinski definition) is 4. The zero-order chi connectivity index (χ0) is 21.0. The third kappa shape index (κ3) is 4.62. The minimum absolute atomic E-state index is 0.159. The molecule has 0 saturated carbocycles. The van der Waals surface area contributed by atoms with Crippen molar-refractivity contribution in [2.24, 2.45) is 0 Å². The van der Waals surface area contributed by atoms with E-state index in [1.165, 1.54) is 15.9 Å². The van der Waals surface area contributed by atoms with Gasteiger partial charge in [-0.1, -0.05) is 31.2 Å². The Labute approximate surface area is 173 Å². The third-order valence-electron chi connectivity index (χ3n) is 5.23. The Hall–Kier alpha value is -2.38. The fourth-order valence-electron chi connectivity index (χ4n) is 3.58. The average Bonchev–Trinajstić information content (AvgIpc) is 2.72. The molecule has 3 rings (SSSR count). The molecule has 0 bridgehead atoms. The van der Waals surface area contributed by atoms with Gasteiger partial charge in [-0.3, -0.25) is 4.79 Å². The number of benzene rings is 2. The second kappa shape index (κ2) is 8.97. The molecule has 1 aliphatic heterocycles. The lowest BCUT2D eigenvalue weighted by Gasteiger charge is -2.31. The summed E-state index contributed by atoms with van der Waals surface area (Å²) in [5.74, 6) is 0.491. The van der Waals surface area contributed by atoms with Crippen LogP contribution in [0.15, 0.2) is 47.4 Å². The number of amides is 1. The van der Waals surface area contributed by atoms with Crippen LogP contribution < -0.4 is 4.74 Å². The highest BCUT2D eigenvalue weighted by Gasteiger charge is 2.29. The zero-order valence-corrected chi connectivity index (χ0v) is 18.0. The lowest BCUT2D eigenvalue weighted by atomic mass is 10.00. The van der Waals surface area contributed by atoms with E-state index in [1.54, 1.807) is 24.0 Å². The molecule has 0 unspecified atom stereocenters. The number of aryl methyl sites for hydroxylation is 1. The van der Waals surface area contributed by atoms with Gasteiger partial charge < -0.3 is 9.64 Å². The lowest BCUT2D eigenvalue weighted by Crippen LogP contribution is -2.44. The van der Waals surface area contributed by atoms with Crippen LogP contribution in [0.4, 0.5) is 0 Å². The van der Waals surface area contributed by atoms with Gasteiger partial charge in [0.1, 0.15) is 5.75 Å². The molecule has 0 spiro atoms. The van der Waals surface area contributed by atoms with Crippen LogP contribution in [0.25, 0.3) is 0 Å². The van der Waals surface area contributed by atoms with Crippen molar-refractivity contribution in [3.63, 3.8) is 0 Å². The number of ether oxygens (including phenoxy) is 1. The molecule has 29 heavy (non-hydrogen) atoms. The Morgan fingerprint density at radius 3 is 2.52 bits per heavy atom. The summed E-state index contributed by atoms with van der Waals surface area (Å²) < 4.78 is 33.0. The maximum absolute atomic E-state index is 13.1. The molecule has 0 fully saturated rings. The van der Waals surface area contributed by atoms with Gasteiger partial charge in [-0.2, -0.15) is 4.31 Å². The quantitative estimate of drug-likeness (QED) is 0.696. The maximum atomic E-state index is 13.1. The van der Waals surface area contributed by atoms with Crippen LogP contribution in [0, 0.1) is 6.92 Å². The van der Waals surface area contributed by atoms with E-state index in [9.17, 15) is 13.2 Å². The van der Waals surface area contributed by atoms with Crippen molar-refractivity contribution in [2.75, 3.05) is 26.2 Å². The molecular weight excluding hydrogens is 388 g/mol. The summed E-state index contributed by atoms with van der Waals surface area (Å²) in [6.07, 6.45) is 0.791. The monoisotopic (exact) mass is 416 g/mol. The number of sulfonamides is 1. The summed E-state index contributed by atoms with van der Waals surface area (Å²) >= 11 is 0. The molecule has 0 radical (unpaired) electrons. The fourth-order valence-corrected chi connectivity index (χ4v) is 5.06. The van der Waals surface area contributed by atoms with Gasteiger partial charge in [-0.15, -0.1) is 0 Å². The first-order chi connectivity index (χ1) is 13.9. The van der Waals surface area contributed by atoms with Crippen molar-refractivity contribution in [3.8, 4) is 5.75 Å². The number of hydrogen-bond donors (Lipinski definition) is 0. The number of carbonyl (C=O) groups excluding carboxylic acids is 1. The second-order valence-corrected chi connectivity index (χ2v) is 9.06. The minimum atomic E-state index is -3.77. The molecule has 0 N–H and O–H groups in total. The summed E-state index contributed by atoms with van der Waals surface area (Å²) in [6, 6.07) is 12.9. The molecule has 7 heteroatoms. The SMILES string of the molecule is CCOc1ccc(S(=O)(=O)N(CC)CC(=O)N2CCc3ccccc3C2)cc1C. The molecule has 1 heterocycles. The van der Waals surface area contributed by atoms with Crippen LogP contribution in [0.1, 0.15) is 30.5 Å². The fraction of sp³-hybridized carbons (Fsp3) is 0.409. The first-order valence-electron chi connectivity index (χ1n) is 9.95. The molecule has 1 aliphatic rings. The number of fused-ring (bicyclic) bond motifs is 1. The van der Waals surface area contributed by atoms with E-state index in [1.807, 2.05) is 32.0 Å². The van der Waals surface area contributed by atoms with Gasteiger partial charge in [-0.05, 0) is 55.2 Å². The molecule has 6 nitrogen and oxygen atoms in total. The Morgan fingerprint density at radius 2 is 1.86 bits per heavy atom. The normalized spacial score (nSPS) is 14.0. The first-order valence-corrected chi connectivity index (χ1v) is 11.4. The molecule has 0 aromatic heterocycles. The highest BCUT2D eigenvalue weighted by Crippen LogP contribution is 2.25. The largest absolute Gasteiger partial charge is 0.494 e. The summed E-state index contributed by atoms with van der Waals surface area (Å²) in [6.45, 7) is 7.16. The number of likely N-dealkylation sites (N-methyl/N-ethyl adjacent to an activating group) is 1. The third-order valence-corrected chi connectivity index (χ3v) is 7.15. The summed E-state index contributed by atoms with van der Waals surface area (Å²) in [4.78, 5) is 14.8. The first kappa shape index (κ1) is 21.3. The summed E-state index contributed by atoms with van der Waals surface area (Å²) in [5, 5.41) is 0. The van der Waals surface area contributed by atoms with Gasteiger partial charge in [0.15, 0.2) is 0 Å². The molecule has 0 aliphatic carbocycles. The average molecular weight is 417 g/mol. The van der Waals surface area contributed by atoms with Crippen LogP contribution >= 0.6 is 0 Å². The molecule has 0 saturated heterocycles. The topological polar surface area (TPSA) is 66.9 Å². The highest BCUT2D eigenvalue weighted by atomic mass is 32.2. The van der Waals surface area contributed by atoms with E-state index in [-0.39, 0.29) is 23.9 Å². The van der Waals surface area contributed by atoms with Crippen LogP contribution in [0.2, 0.25) is 0 Å². The van der Waals surface area contributed by atoms with Crippen LogP contribution in [0.3, 0.4) is 0 Å². The number of nitrogens with zero attached hydrogens (tertiary/aromatic N) is 2. The van der Waals surface area contributed by atoms with Gasteiger partial charge in [0.25, 0.3) is 0 Å². The number of carbonyl (C=O) groups is 1. The minimum Gasteiger partial charge on any atom is -0.494 e. The maximum Gasteiger partial charge on any atom is 0.243 e. The molecule has 2 aromatic carbocycles. The standard InChI is InChI=1S/C22H28N2O4S/c1-4-24(29(26,27)20-10-11-21(28-5-2)17(3)14-20)16-22(25)23-13-12-18-8-6-7-9-19(18)15-23/h6-11,14H,4-5,12-13,15-16H2,1-3H3. The van der Waals surface area contributed by atoms with E-state index < -0.39 is 10.0 Å². The highest BCUT2D eigenvalue weighted by molar-refractivity contribution is 7.89. The van der Waals surface area contributed by atoms with E-state index in [2.05, 4.69) is 6.07 Å². The van der Waals surface area contributed by atoms with E-state index in [0.29, 0.717) is 25.4 Å². The molecular formula is C22H28N2O4S. The van der Waals surface area contributed by atoms with Crippen molar-refractivity contribution in [3.05, 3.63) is 59.2 Å². The van der Waals surface area contributed by atoms with Crippen molar-refractivity contribution in [2.45, 2.75) is 38.6 Å². The van der Waals surface area contributed by atoms with Crippen LogP contribution in [-0.4, -0.2) is 49.8 Å². The molecule has 0 atom stereocenters. The second-order valence-electron chi connectivity index (χ2n) is 7.13. The Bertz CT molecular complexity index is 988. The van der Waals surface area contributed by atoms with Crippen LogP contribution in [-0.2, 0) is 27.8 Å². The van der Waals surface area contributed by atoms with E-state index in [4.69, 9.17) is 4.74 Å². The lowest BCUT2D eigenvalue weighted by molar-refractivity contribution is -0.132.